The van der Waals surface area contributed by atoms with E-state index in [0.29, 0.717) is 10.8 Å². The molecule has 1 fully saturated rings. The Kier molecular flexibility index (Phi) is 3.54. The molecule has 3 nitrogen and oxygen atoms in total. The van der Waals surface area contributed by atoms with Crippen molar-refractivity contribution in [3.05, 3.63) is 29.3 Å². The largest absolute Gasteiger partial charge is 0.238 e. The van der Waals surface area contributed by atoms with Gasteiger partial charge in [-0.05, 0) is 42.9 Å². The molecular formula is C13H19NO2S. The molecule has 0 amide bonds. The van der Waals surface area contributed by atoms with E-state index < -0.39 is 10.0 Å². The number of hydrogen-bond acceptors (Lipinski definition) is 2. The Hall–Kier alpha value is -0.870. The predicted molar refractivity (Wildman–Crippen MR) is 68.4 cm³/mol. The lowest BCUT2D eigenvalue weighted by molar-refractivity contribution is 0.437. The van der Waals surface area contributed by atoms with Gasteiger partial charge in [0.25, 0.3) is 0 Å². The maximum Gasteiger partial charge on any atom is 0.238 e. The van der Waals surface area contributed by atoms with Gasteiger partial charge in [-0.25, -0.2) is 13.6 Å². The number of nitrogens with two attached hydrogens (primary N) is 1. The van der Waals surface area contributed by atoms with Crippen molar-refractivity contribution in [3.8, 4) is 0 Å². The number of hydrogen-bond donors (Lipinski definition) is 1. The van der Waals surface area contributed by atoms with E-state index in [1.54, 1.807) is 12.1 Å². The van der Waals surface area contributed by atoms with Crippen LogP contribution in [0.4, 0.5) is 0 Å². The van der Waals surface area contributed by atoms with Crippen molar-refractivity contribution < 1.29 is 8.42 Å². The Labute approximate surface area is 103 Å². The zero-order chi connectivity index (χ0) is 12.5. The minimum atomic E-state index is -3.61. The number of benzene rings is 1. The topological polar surface area (TPSA) is 60.2 Å². The molecule has 0 aliphatic heterocycles. The molecule has 0 heterocycles. The molecule has 1 aromatic carbocycles. The maximum atomic E-state index is 11.6. The first-order valence-electron chi connectivity index (χ1n) is 6.12. The Balaban J connectivity index is 2.50. The van der Waals surface area contributed by atoms with Crippen LogP contribution in [0.3, 0.4) is 0 Å². The van der Waals surface area contributed by atoms with Crippen LogP contribution in [0.2, 0.25) is 0 Å². The Morgan fingerprint density at radius 3 is 2.41 bits per heavy atom. The summed E-state index contributed by atoms with van der Waals surface area (Å²) in [5.41, 5.74) is 2.00. The van der Waals surface area contributed by atoms with Crippen LogP contribution in [0.25, 0.3) is 0 Å². The van der Waals surface area contributed by atoms with Gasteiger partial charge in [-0.2, -0.15) is 0 Å². The molecule has 4 heteroatoms. The average Bonchev–Trinajstić information content (AvgIpc) is 2.28. The average molecular weight is 253 g/mol. The summed E-state index contributed by atoms with van der Waals surface area (Å²) in [6, 6.07) is 5.37. The molecule has 0 unspecified atom stereocenters. The molecule has 0 saturated heterocycles. The van der Waals surface area contributed by atoms with Crippen molar-refractivity contribution >= 4 is 10.0 Å². The highest BCUT2D eigenvalue weighted by Gasteiger charge is 2.24. The fourth-order valence-electron chi connectivity index (χ4n) is 2.82. The summed E-state index contributed by atoms with van der Waals surface area (Å²) >= 11 is 0. The van der Waals surface area contributed by atoms with Crippen LogP contribution in [0, 0.1) is 6.92 Å². The van der Waals surface area contributed by atoms with Gasteiger partial charge in [-0.3, -0.25) is 0 Å². The first-order chi connectivity index (χ1) is 8.00. The third kappa shape index (κ3) is 2.69. The molecule has 2 rings (SSSR count). The fourth-order valence-corrected chi connectivity index (χ4v) is 3.72. The van der Waals surface area contributed by atoms with E-state index in [9.17, 15) is 8.42 Å². The lowest BCUT2D eigenvalue weighted by Crippen LogP contribution is -2.18. The molecule has 1 saturated carbocycles. The van der Waals surface area contributed by atoms with Crippen molar-refractivity contribution in [1.29, 1.82) is 0 Å². The smallest absolute Gasteiger partial charge is 0.225 e. The van der Waals surface area contributed by atoms with E-state index in [1.807, 2.05) is 13.0 Å². The summed E-state index contributed by atoms with van der Waals surface area (Å²) in [6.45, 7) is 1.97. The third-order valence-corrected chi connectivity index (χ3v) is 4.57. The zero-order valence-corrected chi connectivity index (χ0v) is 11.0. The molecule has 17 heavy (non-hydrogen) atoms. The van der Waals surface area contributed by atoms with Gasteiger partial charge in [-0.15, -0.1) is 0 Å². The Morgan fingerprint density at radius 2 is 1.82 bits per heavy atom. The van der Waals surface area contributed by atoms with Crippen molar-refractivity contribution in [2.75, 3.05) is 0 Å². The fraction of sp³-hybridized carbons (Fsp3) is 0.538. The second-order valence-corrected chi connectivity index (χ2v) is 6.40. The zero-order valence-electron chi connectivity index (χ0n) is 10.1. The van der Waals surface area contributed by atoms with Crippen LogP contribution in [-0.2, 0) is 10.0 Å². The molecular weight excluding hydrogens is 234 g/mol. The summed E-state index contributed by atoms with van der Waals surface area (Å²) in [7, 11) is -3.61. The van der Waals surface area contributed by atoms with Gasteiger partial charge >= 0.3 is 0 Å². The first kappa shape index (κ1) is 12.6. The molecule has 0 radical (unpaired) electrons. The van der Waals surface area contributed by atoms with Crippen molar-refractivity contribution in [1.82, 2.24) is 0 Å². The summed E-state index contributed by atoms with van der Waals surface area (Å²) in [4.78, 5) is 0.324. The molecule has 94 valence electrons. The predicted octanol–water partition coefficient (Wildman–Crippen LogP) is 2.69. The number of rotatable bonds is 2. The van der Waals surface area contributed by atoms with Crippen molar-refractivity contribution in [3.63, 3.8) is 0 Å². The van der Waals surface area contributed by atoms with Crippen LogP contribution in [0.15, 0.2) is 23.1 Å². The van der Waals surface area contributed by atoms with E-state index in [-0.39, 0.29) is 0 Å². The van der Waals surface area contributed by atoms with Gasteiger partial charge < -0.3 is 0 Å². The Morgan fingerprint density at radius 1 is 1.18 bits per heavy atom. The van der Waals surface area contributed by atoms with Crippen LogP contribution in [0.1, 0.15) is 49.1 Å². The van der Waals surface area contributed by atoms with E-state index in [2.05, 4.69) is 0 Å². The monoisotopic (exact) mass is 253 g/mol. The molecule has 0 aromatic heterocycles. The first-order valence-corrected chi connectivity index (χ1v) is 7.67. The third-order valence-electron chi connectivity index (χ3n) is 3.60. The lowest BCUT2D eigenvalue weighted by atomic mass is 9.82. The molecule has 0 bridgehead atoms. The second-order valence-electron chi connectivity index (χ2n) is 4.87. The number of aryl methyl sites for hydroxylation is 1. The molecule has 1 aliphatic rings. The van der Waals surface area contributed by atoms with Crippen molar-refractivity contribution in [2.45, 2.75) is 49.8 Å². The van der Waals surface area contributed by atoms with Crippen LogP contribution in [0.5, 0.6) is 0 Å². The van der Waals surface area contributed by atoms with Crippen molar-refractivity contribution in [2.24, 2.45) is 5.14 Å². The van der Waals surface area contributed by atoms with Gasteiger partial charge in [0, 0.05) is 0 Å². The molecule has 2 N–H and O–H groups in total. The Bertz CT molecular complexity index is 502. The highest BCUT2D eigenvalue weighted by atomic mass is 32.2. The second kappa shape index (κ2) is 4.78. The summed E-state index contributed by atoms with van der Waals surface area (Å²) in [6.07, 6.45) is 5.78. The number of sulfonamides is 1. The quantitative estimate of drug-likeness (QED) is 0.881. The van der Waals surface area contributed by atoms with Gasteiger partial charge in [0.05, 0.1) is 4.90 Å². The molecule has 1 aromatic rings. The molecule has 0 atom stereocenters. The minimum absolute atomic E-state index is 0.324. The highest BCUT2D eigenvalue weighted by Crippen LogP contribution is 2.37. The van der Waals surface area contributed by atoms with E-state index in [1.165, 1.54) is 19.3 Å². The normalized spacial score (nSPS) is 18.2. The summed E-state index contributed by atoms with van der Waals surface area (Å²) in [5, 5.41) is 5.31. The lowest BCUT2D eigenvalue weighted by Gasteiger charge is -2.25. The van der Waals surface area contributed by atoms with Crippen LogP contribution in [-0.4, -0.2) is 8.42 Å². The van der Waals surface area contributed by atoms with E-state index in [4.69, 9.17) is 5.14 Å². The van der Waals surface area contributed by atoms with E-state index >= 15 is 0 Å². The summed E-state index contributed by atoms with van der Waals surface area (Å²) in [5.74, 6) is 0.360. The van der Waals surface area contributed by atoms with Gasteiger partial charge in [0.15, 0.2) is 0 Å². The SMILES string of the molecule is Cc1cccc(S(N)(=O)=O)c1C1CCCCC1. The highest BCUT2D eigenvalue weighted by molar-refractivity contribution is 7.89. The van der Waals surface area contributed by atoms with Gasteiger partial charge in [-0.1, -0.05) is 31.4 Å². The van der Waals surface area contributed by atoms with Crippen LogP contribution >= 0.6 is 0 Å². The molecule has 1 aliphatic carbocycles. The van der Waals surface area contributed by atoms with E-state index in [0.717, 1.165) is 24.0 Å². The minimum Gasteiger partial charge on any atom is -0.225 e. The number of primary sulfonamides is 1. The standard InChI is InChI=1S/C13H19NO2S/c1-10-6-5-9-12(17(14,15)16)13(10)11-7-3-2-4-8-11/h5-6,9,11H,2-4,7-8H2,1H3,(H2,14,15,16). The van der Waals surface area contributed by atoms with Gasteiger partial charge in [0.1, 0.15) is 0 Å². The van der Waals surface area contributed by atoms with Crippen LogP contribution < -0.4 is 5.14 Å². The summed E-state index contributed by atoms with van der Waals surface area (Å²) < 4.78 is 23.3. The van der Waals surface area contributed by atoms with Gasteiger partial charge in [0.2, 0.25) is 10.0 Å². The molecule has 0 spiro atoms. The maximum absolute atomic E-state index is 11.6.